The molecule has 148 valence electrons. The van der Waals surface area contributed by atoms with Gasteiger partial charge in [0.1, 0.15) is 0 Å². The van der Waals surface area contributed by atoms with Gasteiger partial charge in [-0.05, 0) is 50.3 Å². The van der Waals surface area contributed by atoms with E-state index in [0.717, 1.165) is 19.3 Å². The molecule has 0 spiro atoms. The zero-order valence-electron chi connectivity index (χ0n) is 15.6. The highest BCUT2D eigenvalue weighted by atomic mass is 32.2. The van der Waals surface area contributed by atoms with Crippen molar-refractivity contribution in [2.45, 2.75) is 43.9 Å². The second-order valence-electron chi connectivity index (χ2n) is 7.37. The maximum atomic E-state index is 13.0. The van der Waals surface area contributed by atoms with Gasteiger partial charge in [0.05, 0.1) is 10.8 Å². The molecule has 0 radical (unpaired) electrons. The first-order valence-electron chi connectivity index (χ1n) is 9.43. The number of carboxylic acids is 1. The quantitative estimate of drug-likeness (QED) is 0.844. The van der Waals surface area contributed by atoms with Gasteiger partial charge in [-0.1, -0.05) is 12.5 Å². The number of aryl methyl sites for hydroxylation is 1. The van der Waals surface area contributed by atoms with Crippen LogP contribution in [0.4, 0.5) is 0 Å². The SMILES string of the molecule is Cc1ccc(C(=O)N2CCCC(C(=O)O)C2)cc1S(=O)(=O)N1CCCCC1. The van der Waals surface area contributed by atoms with Crippen molar-refractivity contribution in [2.75, 3.05) is 26.2 Å². The average Bonchev–Trinajstić information content (AvgIpc) is 2.68. The van der Waals surface area contributed by atoms with Gasteiger partial charge in [0, 0.05) is 31.7 Å². The van der Waals surface area contributed by atoms with Crippen LogP contribution in [0.5, 0.6) is 0 Å². The van der Waals surface area contributed by atoms with E-state index >= 15 is 0 Å². The number of sulfonamides is 1. The number of carbonyl (C=O) groups excluding carboxylic acids is 1. The molecule has 2 saturated heterocycles. The molecule has 7 nitrogen and oxygen atoms in total. The van der Waals surface area contributed by atoms with Crippen LogP contribution >= 0.6 is 0 Å². The van der Waals surface area contributed by atoms with Gasteiger partial charge in [0.2, 0.25) is 10.0 Å². The van der Waals surface area contributed by atoms with E-state index in [4.69, 9.17) is 0 Å². The Kier molecular flexibility index (Phi) is 5.86. The Bertz CT molecular complexity index is 831. The summed E-state index contributed by atoms with van der Waals surface area (Å²) < 4.78 is 27.5. The summed E-state index contributed by atoms with van der Waals surface area (Å²) >= 11 is 0. The van der Waals surface area contributed by atoms with Crippen LogP contribution in [-0.4, -0.2) is 60.8 Å². The summed E-state index contributed by atoms with van der Waals surface area (Å²) in [4.78, 5) is 25.8. The van der Waals surface area contributed by atoms with E-state index in [1.807, 2.05) is 0 Å². The minimum absolute atomic E-state index is 0.163. The molecular weight excluding hydrogens is 368 g/mol. The van der Waals surface area contributed by atoms with Crippen molar-refractivity contribution in [1.29, 1.82) is 0 Å². The Balaban J connectivity index is 1.86. The van der Waals surface area contributed by atoms with E-state index in [9.17, 15) is 23.1 Å². The summed E-state index contributed by atoms with van der Waals surface area (Å²) in [7, 11) is -3.64. The minimum atomic E-state index is -3.64. The highest BCUT2D eigenvalue weighted by Gasteiger charge is 2.31. The highest BCUT2D eigenvalue weighted by molar-refractivity contribution is 7.89. The third kappa shape index (κ3) is 4.16. The molecule has 0 aromatic heterocycles. The van der Waals surface area contributed by atoms with Crippen molar-refractivity contribution < 1.29 is 23.1 Å². The van der Waals surface area contributed by atoms with Gasteiger partial charge >= 0.3 is 5.97 Å². The van der Waals surface area contributed by atoms with Crippen LogP contribution < -0.4 is 0 Å². The molecule has 0 saturated carbocycles. The summed E-state index contributed by atoms with van der Waals surface area (Å²) in [6.07, 6.45) is 3.92. The third-order valence-electron chi connectivity index (χ3n) is 5.43. The first-order valence-corrected chi connectivity index (χ1v) is 10.9. The number of hydrogen-bond acceptors (Lipinski definition) is 4. The molecule has 8 heteroatoms. The van der Waals surface area contributed by atoms with Gasteiger partial charge < -0.3 is 10.0 Å². The summed E-state index contributed by atoms with van der Waals surface area (Å²) in [6.45, 7) is 3.39. The Hall–Kier alpha value is -1.93. The topological polar surface area (TPSA) is 95.0 Å². The third-order valence-corrected chi connectivity index (χ3v) is 7.47. The van der Waals surface area contributed by atoms with Crippen molar-refractivity contribution in [1.82, 2.24) is 9.21 Å². The standard InChI is InChI=1S/C19H26N2O5S/c1-14-7-8-15(18(22)20-9-5-6-16(13-20)19(23)24)12-17(14)27(25,26)21-10-3-2-4-11-21/h7-8,12,16H,2-6,9-11,13H2,1H3,(H,23,24). The van der Waals surface area contributed by atoms with Crippen LogP contribution in [0.1, 0.15) is 48.0 Å². The molecule has 0 aliphatic carbocycles. The average molecular weight is 394 g/mol. The Morgan fingerprint density at radius 2 is 1.78 bits per heavy atom. The molecular formula is C19H26N2O5S. The molecule has 1 unspecified atom stereocenters. The molecule has 0 bridgehead atoms. The minimum Gasteiger partial charge on any atom is -0.481 e. The highest BCUT2D eigenvalue weighted by Crippen LogP contribution is 2.26. The molecule has 2 heterocycles. The van der Waals surface area contributed by atoms with Crippen molar-refractivity contribution in [3.63, 3.8) is 0 Å². The predicted molar refractivity (Wildman–Crippen MR) is 100 cm³/mol. The van der Waals surface area contributed by atoms with Crippen LogP contribution in [0.15, 0.2) is 23.1 Å². The number of carboxylic acid groups (broad SMARTS) is 1. The van der Waals surface area contributed by atoms with Crippen LogP contribution in [0, 0.1) is 12.8 Å². The molecule has 2 fully saturated rings. The smallest absolute Gasteiger partial charge is 0.308 e. The van der Waals surface area contributed by atoms with Gasteiger partial charge in [-0.25, -0.2) is 8.42 Å². The number of amides is 1. The van der Waals surface area contributed by atoms with Crippen LogP contribution in [0.25, 0.3) is 0 Å². The Morgan fingerprint density at radius 1 is 1.07 bits per heavy atom. The first kappa shape index (κ1) is 19.8. The fraction of sp³-hybridized carbons (Fsp3) is 0.579. The van der Waals surface area contributed by atoms with Crippen LogP contribution in [0.3, 0.4) is 0 Å². The number of rotatable bonds is 4. The summed E-state index contributed by atoms with van der Waals surface area (Å²) in [5.74, 6) is -1.77. The van der Waals surface area contributed by atoms with Crippen molar-refractivity contribution in [3.05, 3.63) is 29.3 Å². The molecule has 1 atom stereocenters. The molecule has 1 amide bonds. The molecule has 1 aromatic carbocycles. The van der Waals surface area contributed by atoms with E-state index in [1.165, 1.54) is 15.3 Å². The maximum Gasteiger partial charge on any atom is 0.308 e. The van der Waals surface area contributed by atoms with Gasteiger partial charge in [-0.3, -0.25) is 9.59 Å². The molecule has 1 N–H and O–H groups in total. The van der Waals surface area contributed by atoms with E-state index in [0.29, 0.717) is 43.6 Å². The van der Waals surface area contributed by atoms with E-state index < -0.39 is 21.9 Å². The lowest BCUT2D eigenvalue weighted by Crippen LogP contribution is -2.42. The molecule has 3 rings (SSSR count). The number of benzene rings is 1. The number of hydrogen-bond donors (Lipinski definition) is 1. The van der Waals surface area contributed by atoms with Crippen LogP contribution in [0.2, 0.25) is 0 Å². The van der Waals surface area contributed by atoms with E-state index in [-0.39, 0.29) is 17.3 Å². The Labute approximate surface area is 160 Å². The zero-order valence-corrected chi connectivity index (χ0v) is 16.4. The number of carbonyl (C=O) groups is 2. The van der Waals surface area contributed by atoms with Crippen LogP contribution in [-0.2, 0) is 14.8 Å². The predicted octanol–water partition coefficient (Wildman–Crippen LogP) is 2.11. The lowest BCUT2D eigenvalue weighted by molar-refractivity contribution is -0.143. The summed E-state index contributed by atoms with van der Waals surface area (Å²) in [5, 5.41) is 9.22. The lowest BCUT2D eigenvalue weighted by atomic mass is 9.97. The van der Waals surface area contributed by atoms with Gasteiger partial charge in [-0.2, -0.15) is 4.31 Å². The Morgan fingerprint density at radius 3 is 2.44 bits per heavy atom. The molecule has 1 aromatic rings. The fourth-order valence-corrected chi connectivity index (χ4v) is 5.57. The van der Waals surface area contributed by atoms with E-state index in [2.05, 4.69) is 0 Å². The second-order valence-corrected chi connectivity index (χ2v) is 9.28. The van der Waals surface area contributed by atoms with Crippen molar-refractivity contribution >= 4 is 21.9 Å². The summed E-state index contributed by atoms with van der Waals surface area (Å²) in [6, 6.07) is 4.73. The van der Waals surface area contributed by atoms with Gasteiger partial charge in [-0.15, -0.1) is 0 Å². The number of aliphatic carboxylic acids is 1. The lowest BCUT2D eigenvalue weighted by Gasteiger charge is -2.31. The number of likely N-dealkylation sites (tertiary alicyclic amines) is 1. The summed E-state index contributed by atoms with van der Waals surface area (Å²) in [5.41, 5.74) is 0.904. The number of nitrogens with zero attached hydrogens (tertiary/aromatic N) is 2. The largest absolute Gasteiger partial charge is 0.481 e. The maximum absolute atomic E-state index is 13.0. The second kappa shape index (κ2) is 7.98. The number of piperidine rings is 2. The van der Waals surface area contributed by atoms with Gasteiger partial charge in [0.25, 0.3) is 5.91 Å². The normalized spacial score (nSPS) is 21.8. The molecule has 2 aliphatic rings. The van der Waals surface area contributed by atoms with Crippen molar-refractivity contribution in [2.24, 2.45) is 5.92 Å². The fourth-order valence-electron chi connectivity index (χ4n) is 3.80. The zero-order chi connectivity index (χ0) is 19.6. The van der Waals surface area contributed by atoms with Gasteiger partial charge in [0.15, 0.2) is 0 Å². The molecule has 2 aliphatic heterocycles. The van der Waals surface area contributed by atoms with E-state index in [1.54, 1.807) is 19.1 Å². The monoisotopic (exact) mass is 394 g/mol. The molecule has 27 heavy (non-hydrogen) atoms. The first-order chi connectivity index (χ1) is 12.8. The van der Waals surface area contributed by atoms with Crippen molar-refractivity contribution in [3.8, 4) is 0 Å².